The fourth-order valence-electron chi connectivity index (χ4n) is 3.97. The third-order valence-corrected chi connectivity index (χ3v) is 5.40. The van der Waals surface area contributed by atoms with Gasteiger partial charge in [-0.05, 0) is 44.0 Å². The molecule has 28 heavy (non-hydrogen) atoms. The van der Waals surface area contributed by atoms with E-state index in [0.717, 1.165) is 42.2 Å². The third-order valence-electron chi connectivity index (χ3n) is 5.40. The van der Waals surface area contributed by atoms with Crippen molar-refractivity contribution in [2.75, 3.05) is 20.2 Å². The van der Waals surface area contributed by atoms with Crippen molar-refractivity contribution in [3.63, 3.8) is 0 Å². The Bertz CT molecular complexity index is 948. The van der Waals surface area contributed by atoms with Crippen molar-refractivity contribution < 1.29 is 9.53 Å². The zero-order valence-corrected chi connectivity index (χ0v) is 16.3. The van der Waals surface area contributed by atoms with Crippen molar-refractivity contribution in [2.24, 2.45) is 0 Å². The number of amides is 1. The number of piperidine rings is 1. The van der Waals surface area contributed by atoms with Crippen molar-refractivity contribution in [1.82, 2.24) is 14.5 Å². The van der Waals surface area contributed by atoms with Gasteiger partial charge in [0.15, 0.2) is 0 Å². The molecule has 1 atom stereocenters. The Balaban J connectivity index is 1.58. The van der Waals surface area contributed by atoms with E-state index in [1.54, 1.807) is 7.11 Å². The highest BCUT2D eigenvalue weighted by molar-refractivity contribution is 5.94. The second-order valence-corrected chi connectivity index (χ2v) is 7.23. The predicted molar refractivity (Wildman–Crippen MR) is 110 cm³/mol. The van der Waals surface area contributed by atoms with Gasteiger partial charge in [0.05, 0.1) is 13.2 Å². The number of benzene rings is 2. The number of rotatable bonds is 4. The first-order chi connectivity index (χ1) is 13.7. The standard InChI is InChI=1S/C23H25N3O2/c1-17-15-24-22(18-7-4-3-5-8-18)26(17)20-9-6-14-25(16-20)23(27)19-10-12-21(28-2)13-11-19/h3-5,7-8,10-13,15,20H,6,9,14,16H2,1-2H3. The molecule has 1 saturated heterocycles. The summed E-state index contributed by atoms with van der Waals surface area (Å²) >= 11 is 0. The minimum absolute atomic E-state index is 0.0754. The van der Waals surface area contributed by atoms with Gasteiger partial charge in [0.1, 0.15) is 11.6 Å². The van der Waals surface area contributed by atoms with Crippen LogP contribution in [0.4, 0.5) is 0 Å². The molecule has 1 unspecified atom stereocenters. The predicted octanol–water partition coefficient (Wildman–Crippen LogP) is 4.34. The van der Waals surface area contributed by atoms with Gasteiger partial charge in [-0.2, -0.15) is 0 Å². The number of imidazole rings is 1. The van der Waals surface area contributed by atoms with E-state index in [2.05, 4.69) is 28.6 Å². The zero-order valence-electron chi connectivity index (χ0n) is 16.3. The van der Waals surface area contributed by atoms with E-state index in [4.69, 9.17) is 4.74 Å². The quantitative estimate of drug-likeness (QED) is 0.681. The summed E-state index contributed by atoms with van der Waals surface area (Å²) in [7, 11) is 1.63. The normalized spacial score (nSPS) is 16.8. The summed E-state index contributed by atoms with van der Waals surface area (Å²) < 4.78 is 7.49. The van der Waals surface area contributed by atoms with Gasteiger partial charge in [0.25, 0.3) is 5.91 Å². The molecule has 4 rings (SSSR count). The molecule has 1 aliphatic heterocycles. The molecule has 1 aromatic heterocycles. The number of aryl methyl sites for hydroxylation is 1. The van der Waals surface area contributed by atoms with Gasteiger partial charge < -0.3 is 14.2 Å². The molecule has 0 N–H and O–H groups in total. The first-order valence-electron chi connectivity index (χ1n) is 9.70. The van der Waals surface area contributed by atoms with Crippen molar-refractivity contribution in [3.8, 4) is 17.1 Å². The van der Waals surface area contributed by atoms with Crippen molar-refractivity contribution >= 4 is 5.91 Å². The van der Waals surface area contributed by atoms with Crippen LogP contribution in [-0.4, -0.2) is 40.6 Å². The van der Waals surface area contributed by atoms with E-state index in [1.165, 1.54) is 0 Å². The second kappa shape index (κ2) is 7.89. The number of aromatic nitrogens is 2. The topological polar surface area (TPSA) is 47.4 Å². The number of methoxy groups -OCH3 is 1. The number of nitrogens with zero attached hydrogens (tertiary/aromatic N) is 3. The summed E-state index contributed by atoms with van der Waals surface area (Å²) in [5.41, 5.74) is 2.93. The van der Waals surface area contributed by atoms with Crippen LogP contribution in [0.5, 0.6) is 5.75 Å². The number of carbonyl (C=O) groups excluding carboxylic acids is 1. The van der Waals surface area contributed by atoms with Crippen LogP contribution in [0.15, 0.2) is 60.8 Å². The molecule has 0 spiro atoms. The largest absolute Gasteiger partial charge is 0.497 e. The zero-order chi connectivity index (χ0) is 19.5. The maximum atomic E-state index is 13.0. The van der Waals surface area contributed by atoms with Gasteiger partial charge in [-0.3, -0.25) is 4.79 Å². The summed E-state index contributed by atoms with van der Waals surface area (Å²) in [4.78, 5) is 19.6. The van der Waals surface area contributed by atoms with Crippen LogP contribution in [0, 0.1) is 6.92 Å². The number of likely N-dealkylation sites (tertiary alicyclic amines) is 1. The van der Waals surface area contributed by atoms with E-state index in [0.29, 0.717) is 12.1 Å². The maximum Gasteiger partial charge on any atom is 0.253 e. The fraction of sp³-hybridized carbons (Fsp3) is 0.304. The molecule has 0 aliphatic carbocycles. The van der Waals surface area contributed by atoms with Crippen molar-refractivity contribution in [1.29, 1.82) is 0 Å². The average molecular weight is 375 g/mol. The van der Waals surface area contributed by atoms with Crippen LogP contribution >= 0.6 is 0 Å². The summed E-state index contributed by atoms with van der Waals surface area (Å²) in [5.74, 6) is 1.81. The monoisotopic (exact) mass is 375 g/mol. The van der Waals surface area contributed by atoms with Crippen LogP contribution in [-0.2, 0) is 0 Å². The molecule has 2 aromatic carbocycles. The van der Waals surface area contributed by atoms with Crippen LogP contribution in [0.25, 0.3) is 11.4 Å². The van der Waals surface area contributed by atoms with Crippen LogP contribution < -0.4 is 4.74 Å². The highest BCUT2D eigenvalue weighted by Crippen LogP contribution is 2.30. The smallest absolute Gasteiger partial charge is 0.253 e. The Kier molecular flexibility index (Phi) is 5.15. The van der Waals surface area contributed by atoms with Crippen LogP contribution in [0.3, 0.4) is 0 Å². The maximum absolute atomic E-state index is 13.0. The van der Waals surface area contributed by atoms with E-state index in [-0.39, 0.29) is 11.9 Å². The number of hydrogen-bond donors (Lipinski definition) is 0. The second-order valence-electron chi connectivity index (χ2n) is 7.23. The number of hydrogen-bond acceptors (Lipinski definition) is 3. The first kappa shape index (κ1) is 18.3. The fourth-order valence-corrected chi connectivity index (χ4v) is 3.97. The molecule has 0 saturated carbocycles. The van der Waals surface area contributed by atoms with Gasteiger partial charge in [-0.1, -0.05) is 30.3 Å². The lowest BCUT2D eigenvalue weighted by Gasteiger charge is -2.35. The lowest BCUT2D eigenvalue weighted by Crippen LogP contribution is -2.41. The molecule has 2 heterocycles. The Labute approximate surface area is 165 Å². The Morgan fingerprint density at radius 2 is 1.86 bits per heavy atom. The first-order valence-corrected chi connectivity index (χ1v) is 9.70. The summed E-state index contributed by atoms with van der Waals surface area (Å²) in [6, 6.07) is 17.8. The molecular weight excluding hydrogens is 350 g/mol. The molecule has 1 aliphatic rings. The van der Waals surface area contributed by atoms with Gasteiger partial charge >= 0.3 is 0 Å². The third kappa shape index (κ3) is 3.52. The molecule has 5 heteroatoms. The number of ether oxygens (including phenoxy) is 1. The summed E-state index contributed by atoms with van der Waals surface area (Å²) in [6.45, 7) is 3.57. The minimum Gasteiger partial charge on any atom is -0.497 e. The van der Waals surface area contributed by atoms with Crippen molar-refractivity contribution in [3.05, 3.63) is 72.1 Å². The van der Waals surface area contributed by atoms with E-state index in [9.17, 15) is 4.79 Å². The van der Waals surface area contributed by atoms with Gasteiger partial charge in [0.2, 0.25) is 0 Å². The Morgan fingerprint density at radius 3 is 2.57 bits per heavy atom. The molecule has 1 amide bonds. The summed E-state index contributed by atoms with van der Waals surface area (Å²) in [6.07, 6.45) is 3.95. The lowest BCUT2D eigenvalue weighted by molar-refractivity contribution is 0.0679. The van der Waals surface area contributed by atoms with Gasteiger partial charge in [-0.15, -0.1) is 0 Å². The summed E-state index contributed by atoms with van der Waals surface area (Å²) in [5, 5.41) is 0. The molecule has 5 nitrogen and oxygen atoms in total. The van der Waals surface area contributed by atoms with E-state index >= 15 is 0 Å². The Hall–Kier alpha value is -3.08. The molecular formula is C23H25N3O2. The van der Waals surface area contributed by atoms with Gasteiger partial charge in [0, 0.05) is 36.1 Å². The lowest BCUT2D eigenvalue weighted by atomic mass is 10.0. The Morgan fingerprint density at radius 1 is 1.11 bits per heavy atom. The SMILES string of the molecule is COc1ccc(C(=O)N2CCCC(n3c(C)cnc3-c3ccccc3)C2)cc1. The van der Waals surface area contributed by atoms with Crippen LogP contribution in [0.1, 0.15) is 34.9 Å². The average Bonchev–Trinajstić information content (AvgIpc) is 3.15. The van der Waals surface area contributed by atoms with Gasteiger partial charge in [-0.25, -0.2) is 4.98 Å². The minimum atomic E-state index is 0.0754. The molecule has 144 valence electrons. The molecule has 1 fully saturated rings. The molecule has 3 aromatic rings. The highest BCUT2D eigenvalue weighted by atomic mass is 16.5. The van der Waals surface area contributed by atoms with E-state index < -0.39 is 0 Å². The molecule has 0 bridgehead atoms. The van der Waals surface area contributed by atoms with Crippen LogP contribution in [0.2, 0.25) is 0 Å². The highest BCUT2D eigenvalue weighted by Gasteiger charge is 2.28. The number of carbonyl (C=O) groups is 1. The van der Waals surface area contributed by atoms with Crippen molar-refractivity contribution in [2.45, 2.75) is 25.8 Å². The molecule has 0 radical (unpaired) electrons. The van der Waals surface area contributed by atoms with E-state index in [1.807, 2.05) is 53.6 Å².